The molecule has 0 aromatic carbocycles. The topological polar surface area (TPSA) is 47.0 Å². The Morgan fingerprint density at radius 2 is 2.05 bits per heavy atom. The molecule has 0 aliphatic heterocycles. The molecule has 4 heteroatoms. The fraction of sp³-hybridized carbons (Fsp3) is 0.733. The number of anilines is 1. The van der Waals surface area contributed by atoms with Crippen LogP contribution in [0.25, 0.3) is 0 Å². The van der Waals surface area contributed by atoms with Crippen LogP contribution in [-0.4, -0.2) is 23.6 Å². The average Bonchev–Trinajstić information content (AvgIpc) is 2.36. The molecule has 1 aromatic rings. The summed E-state index contributed by atoms with van der Waals surface area (Å²) < 4.78 is 5.70. The SMILES string of the molecule is CCCNc1cc(CCC)nc(C2(OC)CCC2)n1. The molecule has 0 bridgehead atoms. The first-order valence-electron chi connectivity index (χ1n) is 7.41. The van der Waals surface area contributed by atoms with Gasteiger partial charge in [0.05, 0.1) is 0 Å². The van der Waals surface area contributed by atoms with E-state index in [-0.39, 0.29) is 5.60 Å². The number of rotatable bonds is 7. The summed E-state index contributed by atoms with van der Waals surface area (Å²) in [6.07, 6.45) is 6.46. The van der Waals surface area contributed by atoms with E-state index in [1.54, 1.807) is 7.11 Å². The lowest BCUT2D eigenvalue weighted by atomic mass is 9.79. The molecule has 1 heterocycles. The Morgan fingerprint density at radius 3 is 2.58 bits per heavy atom. The molecule has 4 nitrogen and oxygen atoms in total. The first-order valence-corrected chi connectivity index (χ1v) is 7.41. The van der Waals surface area contributed by atoms with E-state index in [1.807, 2.05) is 0 Å². The van der Waals surface area contributed by atoms with Gasteiger partial charge in [0.25, 0.3) is 0 Å². The molecule has 1 saturated carbocycles. The number of nitrogens with zero attached hydrogens (tertiary/aromatic N) is 2. The molecule has 1 aromatic heterocycles. The minimum Gasteiger partial charge on any atom is -0.370 e. The summed E-state index contributed by atoms with van der Waals surface area (Å²) >= 11 is 0. The molecule has 0 spiro atoms. The molecule has 1 N–H and O–H groups in total. The van der Waals surface area contributed by atoms with Gasteiger partial charge in [0.2, 0.25) is 0 Å². The summed E-state index contributed by atoms with van der Waals surface area (Å²) in [5, 5.41) is 3.37. The third-order valence-corrected chi connectivity index (χ3v) is 3.80. The van der Waals surface area contributed by atoms with Crippen molar-refractivity contribution in [1.82, 2.24) is 9.97 Å². The highest BCUT2D eigenvalue weighted by Gasteiger charge is 2.42. The highest BCUT2D eigenvalue weighted by atomic mass is 16.5. The van der Waals surface area contributed by atoms with Gasteiger partial charge in [-0.15, -0.1) is 0 Å². The normalized spacial score (nSPS) is 17.0. The van der Waals surface area contributed by atoms with Crippen LogP contribution in [0.15, 0.2) is 6.07 Å². The van der Waals surface area contributed by atoms with Gasteiger partial charge in [-0.05, 0) is 32.1 Å². The van der Waals surface area contributed by atoms with Crippen molar-refractivity contribution in [2.45, 2.75) is 58.0 Å². The van der Waals surface area contributed by atoms with Crippen molar-refractivity contribution in [3.63, 3.8) is 0 Å². The number of aryl methyl sites for hydroxylation is 1. The van der Waals surface area contributed by atoms with E-state index in [2.05, 4.69) is 30.2 Å². The summed E-state index contributed by atoms with van der Waals surface area (Å²) in [5.74, 6) is 1.81. The Morgan fingerprint density at radius 1 is 1.26 bits per heavy atom. The minimum atomic E-state index is -0.230. The van der Waals surface area contributed by atoms with Crippen LogP contribution >= 0.6 is 0 Å². The molecule has 106 valence electrons. The third kappa shape index (κ3) is 3.06. The van der Waals surface area contributed by atoms with Crippen LogP contribution < -0.4 is 5.32 Å². The molecular formula is C15H25N3O. The van der Waals surface area contributed by atoms with E-state index in [4.69, 9.17) is 9.72 Å². The van der Waals surface area contributed by atoms with Gasteiger partial charge in [-0.2, -0.15) is 0 Å². The van der Waals surface area contributed by atoms with Crippen molar-refractivity contribution in [3.8, 4) is 0 Å². The van der Waals surface area contributed by atoms with Gasteiger partial charge in [-0.1, -0.05) is 20.3 Å². The van der Waals surface area contributed by atoms with Gasteiger partial charge in [0, 0.05) is 25.4 Å². The zero-order valence-electron chi connectivity index (χ0n) is 12.3. The molecule has 0 atom stereocenters. The van der Waals surface area contributed by atoms with Gasteiger partial charge in [-0.25, -0.2) is 9.97 Å². The Kier molecular flexibility index (Phi) is 4.75. The molecule has 0 radical (unpaired) electrons. The molecule has 1 aliphatic rings. The number of ether oxygens (including phenoxy) is 1. The van der Waals surface area contributed by atoms with Gasteiger partial charge >= 0.3 is 0 Å². The first kappa shape index (κ1) is 14.3. The van der Waals surface area contributed by atoms with E-state index >= 15 is 0 Å². The molecule has 2 rings (SSSR count). The largest absolute Gasteiger partial charge is 0.370 e. The van der Waals surface area contributed by atoms with Crippen molar-refractivity contribution in [2.75, 3.05) is 19.0 Å². The maximum absolute atomic E-state index is 5.70. The standard InChI is InChI=1S/C15H25N3O/c1-4-7-12-11-13(16-10-5-2)18-14(17-12)15(19-3)8-6-9-15/h11H,4-10H2,1-3H3,(H,16,17,18). The number of methoxy groups -OCH3 is 1. The molecule has 19 heavy (non-hydrogen) atoms. The number of hydrogen-bond donors (Lipinski definition) is 1. The summed E-state index contributed by atoms with van der Waals surface area (Å²) in [7, 11) is 1.77. The fourth-order valence-electron chi connectivity index (χ4n) is 2.45. The predicted molar refractivity (Wildman–Crippen MR) is 77.3 cm³/mol. The van der Waals surface area contributed by atoms with Crippen LogP contribution in [-0.2, 0) is 16.8 Å². The van der Waals surface area contributed by atoms with Gasteiger partial charge in [-0.3, -0.25) is 0 Å². The number of nitrogens with one attached hydrogen (secondary N) is 1. The number of hydrogen-bond acceptors (Lipinski definition) is 4. The Balaban J connectivity index is 2.27. The second-order valence-corrected chi connectivity index (χ2v) is 5.30. The second-order valence-electron chi connectivity index (χ2n) is 5.30. The molecule has 0 saturated heterocycles. The van der Waals surface area contributed by atoms with Crippen LogP contribution in [0.4, 0.5) is 5.82 Å². The van der Waals surface area contributed by atoms with Crippen LogP contribution in [0.3, 0.4) is 0 Å². The fourth-order valence-corrected chi connectivity index (χ4v) is 2.45. The van der Waals surface area contributed by atoms with E-state index in [0.717, 1.165) is 56.0 Å². The zero-order valence-corrected chi connectivity index (χ0v) is 12.3. The summed E-state index contributed by atoms with van der Waals surface area (Å²) in [6, 6.07) is 2.07. The lowest BCUT2D eigenvalue weighted by Crippen LogP contribution is -2.38. The molecule has 1 aliphatic carbocycles. The Labute approximate surface area is 116 Å². The van der Waals surface area contributed by atoms with Crippen LogP contribution in [0.2, 0.25) is 0 Å². The van der Waals surface area contributed by atoms with Crippen molar-refractivity contribution in [2.24, 2.45) is 0 Å². The summed E-state index contributed by atoms with van der Waals surface area (Å²) in [5.41, 5.74) is 0.890. The second kappa shape index (κ2) is 6.33. The van der Waals surface area contributed by atoms with Crippen LogP contribution in [0.5, 0.6) is 0 Å². The molecule has 0 amide bonds. The summed E-state index contributed by atoms with van der Waals surface area (Å²) in [6.45, 7) is 5.28. The van der Waals surface area contributed by atoms with Gasteiger partial charge in [0.1, 0.15) is 11.4 Å². The van der Waals surface area contributed by atoms with Crippen LogP contribution in [0, 0.1) is 0 Å². The smallest absolute Gasteiger partial charge is 0.162 e. The molecule has 0 unspecified atom stereocenters. The summed E-state index contributed by atoms with van der Waals surface area (Å²) in [4.78, 5) is 9.39. The van der Waals surface area contributed by atoms with Gasteiger partial charge < -0.3 is 10.1 Å². The van der Waals surface area contributed by atoms with E-state index in [0.29, 0.717) is 0 Å². The van der Waals surface area contributed by atoms with Gasteiger partial charge in [0.15, 0.2) is 5.82 Å². The lowest BCUT2D eigenvalue weighted by Gasteiger charge is -2.39. The third-order valence-electron chi connectivity index (χ3n) is 3.80. The van der Waals surface area contributed by atoms with Crippen molar-refractivity contribution < 1.29 is 4.74 Å². The van der Waals surface area contributed by atoms with Crippen molar-refractivity contribution >= 4 is 5.82 Å². The van der Waals surface area contributed by atoms with Crippen molar-refractivity contribution in [1.29, 1.82) is 0 Å². The maximum atomic E-state index is 5.70. The lowest BCUT2D eigenvalue weighted by molar-refractivity contribution is -0.0846. The highest BCUT2D eigenvalue weighted by Crippen LogP contribution is 2.42. The average molecular weight is 263 g/mol. The molecular weight excluding hydrogens is 238 g/mol. The Hall–Kier alpha value is -1.16. The van der Waals surface area contributed by atoms with E-state index in [1.165, 1.54) is 6.42 Å². The van der Waals surface area contributed by atoms with E-state index in [9.17, 15) is 0 Å². The maximum Gasteiger partial charge on any atom is 0.162 e. The zero-order chi connectivity index (χ0) is 13.7. The minimum absolute atomic E-state index is 0.230. The van der Waals surface area contributed by atoms with Crippen LogP contribution in [0.1, 0.15) is 57.5 Å². The van der Waals surface area contributed by atoms with E-state index < -0.39 is 0 Å². The number of aromatic nitrogens is 2. The molecule has 1 fully saturated rings. The highest BCUT2D eigenvalue weighted by molar-refractivity contribution is 5.37. The monoisotopic (exact) mass is 263 g/mol. The van der Waals surface area contributed by atoms with Crippen molar-refractivity contribution in [3.05, 3.63) is 17.6 Å². The quantitative estimate of drug-likeness (QED) is 0.820. The predicted octanol–water partition coefficient (Wildman–Crippen LogP) is 3.28. The Bertz CT molecular complexity index is 410. The first-order chi connectivity index (χ1) is 9.24.